The molecule has 0 radical (unpaired) electrons. The summed E-state index contributed by atoms with van der Waals surface area (Å²) in [6.45, 7) is 4.20. The molecule has 0 amide bonds. The maximum absolute atomic E-state index is 11.0. The molecule has 0 aliphatic carbocycles. The molecule has 0 saturated carbocycles. The van der Waals surface area contributed by atoms with E-state index in [-0.39, 0.29) is 0 Å². The molecule has 10 nitrogen and oxygen atoms in total. The van der Waals surface area contributed by atoms with Crippen LogP contribution >= 0.6 is 0 Å². The molecule has 0 atom stereocenters. The molecular weight excluding hydrogens is 384 g/mol. The average Bonchev–Trinajstić information content (AvgIpc) is 2.91. The van der Waals surface area contributed by atoms with Crippen LogP contribution in [-0.2, 0) is 10.2 Å². The number of nitrogens with one attached hydrogen (secondary N) is 1. The quantitative estimate of drug-likeness (QED) is 0.651. The van der Waals surface area contributed by atoms with Gasteiger partial charge in [0.1, 0.15) is 12.1 Å². The highest BCUT2D eigenvalue weighted by Crippen LogP contribution is 2.34. The summed E-state index contributed by atoms with van der Waals surface area (Å²) < 4.78 is 35.1. The van der Waals surface area contributed by atoms with Crippen molar-refractivity contribution in [3.05, 3.63) is 18.5 Å². The molecule has 2 aromatic rings. The van der Waals surface area contributed by atoms with E-state index in [9.17, 15) is 8.42 Å². The summed E-state index contributed by atoms with van der Waals surface area (Å²) in [6, 6.07) is 3.75. The second kappa shape index (κ2) is 8.86. The molecule has 1 aromatic heterocycles. The molecule has 3 rings (SSSR count). The second-order valence-corrected chi connectivity index (χ2v) is 7.92. The third-order valence-electron chi connectivity index (χ3n) is 4.74. The van der Waals surface area contributed by atoms with Crippen LogP contribution < -0.4 is 24.2 Å². The van der Waals surface area contributed by atoms with Gasteiger partial charge in [-0.3, -0.25) is 0 Å². The van der Waals surface area contributed by atoms with E-state index in [1.165, 1.54) is 0 Å². The van der Waals surface area contributed by atoms with Gasteiger partial charge in [0.15, 0.2) is 11.5 Å². The molecule has 11 heteroatoms. The highest BCUT2D eigenvalue weighted by molar-refractivity contribution is 7.87. The lowest BCUT2D eigenvalue weighted by Gasteiger charge is -2.24. The number of hydrogen-bond acceptors (Lipinski definition) is 8. The second-order valence-electron chi connectivity index (χ2n) is 6.54. The molecule has 2 heterocycles. The lowest BCUT2D eigenvalue weighted by Crippen LogP contribution is -2.39. The van der Waals surface area contributed by atoms with Gasteiger partial charge >= 0.3 is 0 Å². The Balaban J connectivity index is 1.75. The van der Waals surface area contributed by atoms with Crippen molar-refractivity contribution in [2.24, 2.45) is 5.14 Å². The van der Waals surface area contributed by atoms with Crippen LogP contribution in [0.3, 0.4) is 0 Å². The summed E-state index contributed by atoms with van der Waals surface area (Å²) in [5, 5.41) is 5.89. The molecule has 1 aliphatic heterocycles. The summed E-state index contributed by atoms with van der Waals surface area (Å²) in [5.41, 5.74) is 0.793. The molecule has 1 saturated heterocycles. The van der Waals surface area contributed by atoms with Crippen molar-refractivity contribution in [3.8, 4) is 11.5 Å². The van der Waals surface area contributed by atoms with E-state index < -0.39 is 10.2 Å². The fourth-order valence-electron chi connectivity index (χ4n) is 3.37. The van der Waals surface area contributed by atoms with Gasteiger partial charge < -0.3 is 19.3 Å². The Bertz CT molecular complexity index is 923. The fraction of sp³-hybridized carbons (Fsp3) is 0.529. The lowest BCUT2D eigenvalue weighted by atomic mass is 10.2. The van der Waals surface area contributed by atoms with Crippen molar-refractivity contribution in [3.63, 3.8) is 0 Å². The number of hydrogen-bond donors (Lipinski definition) is 2. The smallest absolute Gasteiger partial charge is 0.274 e. The van der Waals surface area contributed by atoms with E-state index in [4.69, 9.17) is 14.6 Å². The summed E-state index contributed by atoms with van der Waals surface area (Å²) in [5.74, 6) is 2.12. The minimum atomic E-state index is -3.65. The van der Waals surface area contributed by atoms with E-state index in [2.05, 4.69) is 24.5 Å². The third kappa shape index (κ3) is 4.98. The molecule has 1 aromatic carbocycles. The van der Waals surface area contributed by atoms with Gasteiger partial charge in [-0.1, -0.05) is 0 Å². The first-order valence-electron chi connectivity index (χ1n) is 9.02. The Hall–Kier alpha value is -2.21. The average molecular weight is 411 g/mol. The van der Waals surface area contributed by atoms with Crippen LogP contribution in [0.25, 0.3) is 10.9 Å². The fourth-order valence-corrected chi connectivity index (χ4v) is 3.75. The molecule has 1 fully saturated rings. The number of ether oxygens (including phenoxy) is 2. The van der Waals surface area contributed by atoms with E-state index >= 15 is 0 Å². The number of nitrogens with zero attached hydrogens (tertiary/aromatic N) is 4. The molecule has 0 bridgehead atoms. The third-order valence-corrected chi connectivity index (χ3v) is 5.35. The van der Waals surface area contributed by atoms with Gasteiger partial charge in [0.05, 0.1) is 19.7 Å². The normalized spacial score (nSPS) is 16.2. The van der Waals surface area contributed by atoms with Crippen molar-refractivity contribution >= 4 is 26.9 Å². The van der Waals surface area contributed by atoms with E-state index in [0.717, 1.165) is 49.3 Å². The highest BCUT2D eigenvalue weighted by Gasteiger charge is 2.19. The number of aromatic nitrogens is 2. The van der Waals surface area contributed by atoms with Gasteiger partial charge in [-0.25, -0.2) is 19.8 Å². The largest absolute Gasteiger partial charge is 0.493 e. The molecule has 1 aliphatic rings. The van der Waals surface area contributed by atoms with Crippen molar-refractivity contribution in [2.45, 2.75) is 6.42 Å². The predicted molar refractivity (Wildman–Crippen MR) is 107 cm³/mol. The van der Waals surface area contributed by atoms with E-state index in [0.29, 0.717) is 24.6 Å². The Morgan fingerprint density at radius 3 is 2.57 bits per heavy atom. The summed E-state index contributed by atoms with van der Waals surface area (Å²) in [4.78, 5) is 13.3. The minimum absolute atomic E-state index is 0.298. The van der Waals surface area contributed by atoms with Crippen molar-refractivity contribution in [1.29, 1.82) is 0 Å². The van der Waals surface area contributed by atoms with E-state index in [1.54, 1.807) is 20.5 Å². The van der Waals surface area contributed by atoms with Crippen molar-refractivity contribution in [2.75, 3.05) is 58.4 Å². The minimum Gasteiger partial charge on any atom is -0.493 e. The Morgan fingerprint density at radius 1 is 1.11 bits per heavy atom. The van der Waals surface area contributed by atoms with Gasteiger partial charge in [-0.05, 0) is 19.0 Å². The number of benzene rings is 1. The Morgan fingerprint density at radius 2 is 1.86 bits per heavy atom. The number of fused-ring (bicyclic) bond motifs is 1. The zero-order valence-electron chi connectivity index (χ0n) is 16.1. The topological polar surface area (TPSA) is 123 Å². The Labute approximate surface area is 164 Å². The van der Waals surface area contributed by atoms with Crippen LogP contribution in [0.1, 0.15) is 6.42 Å². The first kappa shape index (κ1) is 20.5. The summed E-state index contributed by atoms with van der Waals surface area (Å²) in [6.07, 6.45) is 2.50. The number of methoxy groups -OCH3 is 2. The van der Waals surface area contributed by atoms with Crippen molar-refractivity contribution in [1.82, 2.24) is 19.6 Å². The van der Waals surface area contributed by atoms with Gasteiger partial charge in [0.25, 0.3) is 10.2 Å². The lowest BCUT2D eigenvalue weighted by molar-refractivity contribution is 0.298. The molecular formula is C17H26N6O4S. The molecule has 0 spiro atoms. The van der Waals surface area contributed by atoms with Gasteiger partial charge in [0.2, 0.25) is 0 Å². The van der Waals surface area contributed by atoms with Gasteiger partial charge in [-0.2, -0.15) is 8.42 Å². The standard InChI is InChI=1S/C17H26N6O4S/c1-26-15-10-13-14(11-16(15)27-2)19-12-20-17(13)23-6-3-5-22(8-9-23)7-4-21-28(18,24)25/h10-12,21H,3-9H2,1-2H3,(H2,18,24,25). The van der Waals surface area contributed by atoms with Crippen LogP contribution in [0.15, 0.2) is 18.5 Å². The van der Waals surface area contributed by atoms with Gasteiger partial charge in [0, 0.05) is 44.2 Å². The van der Waals surface area contributed by atoms with Crippen LogP contribution in [0.5, 0.6) is 11.5 Å². The highest BCUT2D eigenvalue weighted by atomic mass is 32.2. The van der Waals surface area contributed by atoms with Crippen molar-refractivity contribution < 1.29 is 17.9 Å². The maximum atomic E-state index is 11.0. The number of nitrogens with two attached hydrogens (primary N) is 1. The zero-order chi connectivity index (χ0) is 20.1. The predicted octanol–water partition coefficient (Wildman–Crippen LogP) is -0.0478. The zero-order valence-corrected chi connectivity index (χ0v) is 16.9. The number of rotatable bonds is 7. The molecule has 154 valence electrons. The molecule has 28 heavy (non-hydrogen) atoms. The number of anilines is 1. The van der Waals surface area contributed by atoms with E-state index in [1.807, 2.05) is 12.1 Å². The van der Waals surface area contributed by atoms with Gasteiger partial charge in [-0.15, -0.1) is 0 Å². The first-order valence-corrected chi connectivity index (χ1v) is 10.6. The van der Waals surface area contributed by atoms with Crippen LogP contribution in [0, 0.1) is 0 Å². The SMILES string of the molecule is COc1cc2ncnc(N3CCCN(CCNS(N)(=O)=O)CC3)c2cc1OC. The van der Waals surface area contributed by atoms with Crippen LogP contribution in [0.4, 0.5) is 5.82 Å². The summed E-state index contributed by atoms with van der Waals surface area (Å²) >= 11 is 0. The van der Waals surface area contributed by atoms with Crippen LogP contribution in [-0.4, -0.2) is 76.8 Å². The monoisotopic (exact) mass is 410 g/mol. The van der Waals surface area contributed by atoms with Crippen LogP contribution in [0.2, 0.25) is 0 Å². The molecule has 3 N–H and O–H groups in total. The first-order chi connectivity index (χ1) is 13.4. The summed E-state index contributed by atoms with van der Waals surface area (Å²) in [7, 11) is -0.450. The molecule has 0 unspecified atom stereocenters. The Kier molecular flexibility index (Phi) is 6.50. The maximum Gasteiger partial charge on any atom is 0.274 e.